The van der Waals surface area contributed by atoms with Gasteiger partial charge in [-0.3, -0.25) is 14.6 Å². The van der Waals surface area contributed by atoms with E-state index in [2.05, 4.69) is 17.2 Å². The molecule has 120 valence electrons. The van der Waals surface area contributed by atoms with Crippen LogP contribution in [0.2, 0.25) is 0 Å². The zero-order chi connectivity index (χ0) is 16.7. The van der Waals surface area contributed by atoms with E-state index in [0.29, 0.717) is 11.9 Å². The van der Waals surface area contributed by atoms with Gasteiger partial charge in [-0.2, -0.15) is 0 Å². The van der Waals surface area contributed by atoms with Crippen molar-refractivity contribution in [1.82, 2.24) is 14.9 Å². The van der Waals surface area contributed by atoms with Crippen molar-refractivity contribution in [2.24, 2.45) is 0 Å². The van der Waals surface area contributed by atoms with Gasteiger partial charge < -0.3 is 9.88 Å². The van der Waals surface area contributed by atoms with Crippen LogP contribution in [0.5, 0.6) is 0 Å². The maximum absolute atomic E-state index is 12.7. The molecule has 0 saturated heterocycles. The number of nitrogens with one attached hydrogen (secondary N) is 1. The molecule has 0 radical (unpaired) electrons. The smallest absolute Gasteiger partial charge is 0.257 e. The lowest BCUT2D eigenvalue weighted by Gasteiger charge is -2.12. The fourth-order valence-electron chi connectivity index (χ4n) is 3.36. The fourth-order valence-corrected chi connectivity index (χ4v) is 3.36. The average Bonchev–Trinajstić information content (AvgIpc) is 2.93. The minimum Gasteiger partial charge on any atom is -0.348 e. The summed E-state index contributed by atoms with van der Waals surface area (Å²) in [6, 6.07) is 9.68. The number of benzene rings is 1. The zero-order valence-electron chi connectivity index (χ0n) is 13.3. The first-order valence-electron chi connectivity index (χ1n) is 7.99. The molecule has 0 unspecified atom stereocenters. The summed E-state index contributed by atoms with van der Waals surface area (Å²) >= 11 is 0. The number of rotatable bonds is 3. The number of aromatic nitrogens is 2. The van der Waals surface area contributed by atoms with E-state index >= 15 is 0 Å². The number of carbonyl (C=O) groups is 1. The molecule has 1 atom stereocenters. The lowest BCUT2D eigenvalue weighted by atomic mass is 10.1. The summed E-state index contributed by atoms with van der Waals surface area (Å²) in [4.78, 5) is 29.3. The Bertz CT molecular complexity index is 993. The van der Waals surface area contributed by atoms with Crippen molar-refractivity contribution in [3.63, 3.8) is 0 Å². The highest BCUT2D eigenvalue weighted by molar-refractivity contribution is 5.98. The molecule has 5 heteroatoms. The second-order valence-electron chi connectivity index (χ2n) is 6.19. The van der Waals surface area contributed by atoms with Crippen LogP contribution >= 0.6 is 0 Å². The monoisotopic (exact) mass is 319 g/mol. The Morgan fingerprint density at radius 1 is 1.33 bits per heavy atom. The molecule has 3 aromatic rings. The average molecular weight is 319 g/mol. The maximum Gasteiger partial charge on any atom is 0.257 e. The third kappa shape index (κ3) is 2.29. The molecule has 4 rings (SSSR count). The zero-order valence-corrected chi connectivity index (χ0v) is 13.3. The van der Waals surface area contributed by atoms with Gasteiger partial charge in [-0.15, -0.1) is 0 Å². The minimum absolute atomic E-state index is 0.192. The number of hydrogen-bond donors (Lipinski definition) is 1. The largest absolute Gasteiger partial charge is 0.348 e. The van der Waals surface area contributed by atoms with Gasteiger partial charge in [0.2, 0.25) is 5.43 Å². The molecule has 0 aliphatic carbocycles. The van der Waals surface area contributed by atoms with Crippen LogP contribution in [-0.4, -0.2) is 15.5 Å². The van der Waals surface area contributed by atoms with Crippen molar-refractivity contribution in [3.05, 3.63) is 75.8 Å². The number of pyridine rings is 2. The highest BCUT2D eigenvalue weighted by Crippen LogP contribution is 2.30. The van der Waals surface area contributed by atoms with Crippen molar-refractivity contribution in [2.75, 3.05) is 0 Å². The minimum atomic E-state index is -0.348. The molecule has 1 aliphatic rings. The van der Waals surface area contributed by atoms with Crippen molar-refractivity contribution in [1.29, 1.82) is 0 Å². The van der Waals surface area contributed by atoms with E-state index in [1.807, 2.05) is 28.8 Å². The molecule has 5 nitrogen and oxygen atoms in total. The molecule has 0 bridgehead atoms. The molecule has 0 spiro atoms. The summed E-state index contributed by atoms with van der Waals surface area (Å²) in [6.07, 6.45) is 5.96. The number of nitrogens with zero attached hydrogens (tertiary/aromatic N) is 2. The third-order valence-electron chi connectivity index (χ3n) is 4.55. The van der Waals surface area contributed by atoms with Crippen molar-refractivity contribution < 1.29 is 4.79 Å². The van der Waals surface area contributed by atoms with E-state index in [1.54, 1.807) is 24.7 Å². The summed E-state index contributed by atoms with van der Waals surface area (Å²) in [6.45, 7) is 2.45. The molecule has 3 heterocycles. The second-order valence-corrected chi connectivity index (χ2v) is 6.19. The van der Waals surface area contributed by atoms with Crippen molar-refractivity contribution >= 4 is 16.8 Å². The molecule has 2 aromatic heterocycles. The molecule has 1 N–H and O–H groups in total. The van der Waals surface area contributed by atoms with Gasteiger partial charge in [-0.1, -0.05) is 18.2 Å². The Morgan fingerprint density at radius 2 is 2.21 bits per heavy atom. The summed E-state index contributed by atoms with van der Waals surface area (Å²) in [5.41, 5.74) is 3.00. The van der Waals surface area contributed by atoms with Crippen LogP contribution in [0.15, 0.2) is 53.7 Å². The van der Waals surface area contributed by atoms with Gasteiger partial charge in [0.1, 0.15) is 5.56 Å². The van der Waals surface area contributed by atoms with Crippen LogP contribution in [0.25, 0.3) is 10.9 Å². The van der Waals surface area contributed by atoms with E-state index in [-0.39, 0.29) is 22.9 Å². The first kappa shape index (κ1) is 14.6. The molecule has 0 fully saturated rings. The molecule has 1 aliphatic heterocycles. The Balaban J connectivity index is 1.72. The van der Waals surface area contributed by atoms with Crippen LogP contribution in [0.3, 0.4) is 0 Å². The Kier molecular flexibility index (Phi) is 3.41. The number of amides is 1. The summed E-state index contributed by atoms with van der Waals surface area (Å²) in [5, 5.41) is 3.43. The summed E-state index contributed by atoms with van der Waals surface area (Å²) in [7, 11) is 0. The van der Waals surface area contributed by atoms with E-state index in [0.717, 1.165) is 17.5 Å². The van der Waals surface area contributed by atoms with E-state index in [4.69, 9.17) is 0 Å². The first-order valence-corrected chi connectivity index (χ1v) is 7.99. The number of hydrogen-bond acceptors (Lipinski definition) is 3. The van der Waals surface area contributed by atoms with E-state index < -0.39 is 0 Å². The fraction of sp³-hybridized carbons (Fsp3) is 0.211. The van der Waals surface area contributed by atoms with Gasteiger partial charge in [-0.05, 0) is 36.6 Å². The summed E-state index contributed by atoms with van der Waals surface area (Å²) in [5.74, 6) is -0.348. The van der Waals surface area contributed by atoms with Crippen LogP contribution < -0.4 is 10.7 Å². The van der Waals surface area contributed by atoms with Gasteiger partial charge in [0.15, 0.2) is 0 Å². The lowest BCUT2D eigenvalue weighted by molar-refractivity contribution is 0.0949. The second kappa shape index (κ2) is 5.60. The predicted molar refractivity (Wildman–Crippen MR) is 92.0 cm³/mol. The molecule has 1 amide bonds. The first-order chi connectivity index (χ1) is 11.6. The number of para-hydroxylation sites is 1. The van der Waals surface area contributed by atoms with Crippen LogP contribution in [0, 0.1) is 0 Å². The van der Waals surface area contributed by atoms with Crippen LogP contribution in [0.4, 0.5) is 0 Å². The van der Waals surface area contributed by atoms with Crippen molar-refractivity contribution in [3.8, 4) is 0 Å². The topological polar surface area (TPSA) is 64.0 Å². The van der Waals surface area contributed by atoms with E-state index in [9.17, 15) is 9.59 Å². The lowest BCUT2D eigenvalue weighted by Crippen LogP contribution is -2.29. The van der Waals surface area contributed by atoms with Crippen LogP contribution in [0.1, 0.15) is 34.5 Å². The molecule has 0 saturated carbocycles. The third-order valence-corrected chi connectivity index (χ3v) is 4.55. The highest BCUT2D eigenvalue weighted by atomic mass is 16.2. The molecule has 1 aromatic carbocycles. The Labute approximate surface area is 139 Å². The van der Waals surface area contributed by atoms with Gasteiger partial charge in [-0.25, -0.2) is 0 Å². The van der Waals surface area contributed by atoms with E-state index in [1.165, 1.54) is 5.56 Å². The highest BCUT2D eigenvalue weighted by Gasteiger charge is 2.24. The predicted octanol–water partition coefficient (Wildman–Crippen LogP) is 2.44. The molecule has 24 heavy (non-hydrogen) atoms. The van der Waals surface area contributed by atoms with Crippen molar-refractivity contribution in [2.45, 2.75) is 25.9 Å². The standard InChI is InChI=1S/C19H17N3O2/c1-12-8-14-5-2-6-15-17(14)22(12)11-16(18(15)23)19(24)21-10-13-4-3-7-20-9-13/h2-7,9,11-12H,8,10H2,1H3,(H,21,24)/t12-/m0/s1. The van der Waals surface area contributed by atoms with Gasteiger partial charge in [0.25, 0.3) is 5.91 Å². The Morgan fingerprint density at radius 3 is 3.00 bits per heavy atom. The maximum atomic E-state index is 12.7. The summed E-state index contributed by atoms with van der Waals surface area (Å²) < 4.78 is 2.05. The van der Waals surface area contributed by atoms with Gasteiger partial charge in [0.05, 0.1) is 5.52 Å². The molecular formula is C19H17N3O2. The SMILES string of the molecule is C[C@H]1Cc2cccc3c(=O)c(C(=O)NCc4cccnc4)cn1c23. The Hall–Kier alpha value is -2.95. The van der Waals surface area contributed by atoms with Crippen LogP contribution in [-0.2, 0) is 13.0 Å². The normalized spacial score (nSPS) is 15.6. The number of carbonyl (C=O) groups excluding carboxylic acids is 1. The molecular weight excluding hydrogens is 302 g/mol. The quantitative estimate of drug-likeness (QED) is 0.806. The van der Waals surface area contributed by atoms with Gasteiger partial charge >= 0.3 is 0 Å². The van der Waals surface area contributed by atoms with Gasteiger partial charge in [0, 0.05) is 36.6 Å².